The highest BCUT2D eigenvalue weighted by Gasteiger charge is 1.98. The minimum Gasteiger partial charge on any atom is -0.480 e. The quantitative estimate of drug-likeness (QED) is 0.482. The predicted octanol–water partition coefficient (Wildman–Crippen LogP) is 2.19. The van der Waals surface area contributed by atoms with Gasteiger partial charge in [-0.1, -0.05) is 26.7 Å². The fourth-order valence-corrected chi connectivity index (χ4v) is 1.14. The van der Waals surface area contributed by atoms with Gasteiger partial charge in [0.25, 0.3) is 0 Å². The zero-order chi connectivity index (χ0) is 11.5. The van der Waals surface area contributed by atoms with E-state index in [1.165, 1.54) is 0 Å². The number of amides is 1. The number of alkyl carbamates (subject to hydrolysis) is 1. The third-order valence-corrected chi connectivity index (χ3v) is 2.03. The molecular formula is C11H23N2O2-. The molecule has 15 heavy (non-hydrogen) atoms. The van der Waals surface area contributed by atoms with Crippen molar-refractivity contribution < 1.29 is 9.53 Å². The van der Waals surface area contributed by atoms with E-state index in [1.807, 2.05) is 0 Å². The summed E-state index contributed by atoms with van der Waals surface area (Å²) in [4.78, 5) is 11.1. The Labute approximate surface area is 92.6 Å². The van der Waals surface area contributed by atoms with Crippen molar-refractivity contribution in [1.82, 2.24) is 5.32 Å². The topological polar surface area (TPSA) is 64.3 Å². The van der Waals surface area contributed by atoms with Crippen molar-refractivity contribution in [2.75, 3.05) is 13.2 Å². The van der Waals surface area contributed by atoms with E-state index >= 15 is 0 Å². The molecule has 0 aromatic carbocycles. The van der Waals surface area contributed by atoms with Crippen molar-refractivity contribution in [3.63, 3.8) is 0 Å². The molecule has 1 amide bonds. The summed E-state index contributed by atoms with van der Waals surface area (Å²) in [5.74, 6) is 0. The normalized spacial score (nSPS) is 10.4. The van der Waals surface area contributed by atoms with Gasteiger partial charge in [0.1, 0.15) is 0 Å². The Morgan fingerprint density at radius 3 is 2.67 bits per heavy atom. The molecule has 0 saturated carbocycles. The maximum Gasteiger partial charge on any atom is 0.407 e. The molecule has 4 nitrogen and oxygen atoms in total. The number of hydrogen-bond acceptors (Lipinski definition) is 3. The van der Waals surface area contributed by atoms with Gasteiger partial charge in [0.2, 0.25) is 0 Å². The molecule has 0 bridgehead atoms. The monoisotopic (exact) mass is 215 g/mol. The van der Waals surface area contributed by atoms with Crippen molar-refractivity contribution in [3.05, 3.63) is 6.04 Å². The molecule has 0 aliphatic carbocycles. The van der Waals surface area contributed by atoms with Crippen LogP contribution in [0.4, 0.5) is 4.79 Å². The molecule has 0 aromatic rings. The summed E-state index contributed by atoms with van der Waals surface area (Å²) in [5, 5.41) is 2.68. The highest BCUT2D eigenvalue weighted by atomic mass is 16.5. The van der Waals surface area contributed by atoms with Crippen LogP contribution in [0.15, 0.2) is 0 Å². The van der Waals surface area contributed by atoms with Crippen LogP contribution in [0, 0.1) is 6.04 Å². The van der Waals surface area contributed by atoms with Gasteiger partial charge < -0.3 is 15.8 Å². The third-order valence-electron chi connectivity index (χ3n) is 2.03. The van der Waals surface area contributed by atoms with E-state index in [9.17, 15) is 4.79 Å². The number of carbonyl (C=O) groups is 1. The first-order valence-corrected chi connectivity index (χ1v) is 5.71. The molecule has 0 rings (SSSR count). The second-order valence-electron chi connectivity index (χ2n) is 3.57. The van der Waals surface area contributed by atoms with Crippen molar-refractivity contribution in [3.8, 4) is 0 Å². The molecule has 0 saturated heterocycles. The maximum atomic E-state index is 11.1. The minimum atomic E-state index is -0.340. The van der Waals surface area contributed by atoms with Crippen LogP contribution in [0.5, 0.6) is 0 Å². The Morgan fingerprint density at radius 1 is 1.33 bits per heavy atom. The zero-order valence-corrected chi connectivity index (χ0v) is 9.84. The van der Waals surface area contributed by atoms with Crippen molar-refractivity contribution >= 4 is 6.09 Å². The maximum absolute atomic E-state index is 11.1. The second-order valence-corrected chi connectivity index (χ2v) is 3.57. The van der Waals surface area contributed by atoms with Crippen LogP contribution in [-0.4, -0.2) is 19.2 Å². The lowest BCUT2D eigenvalue weighted by atomic mass is 10.1. The van der Waals surface area contributed by atoms with Crippen LogP contribution in [-0.2, 0) is 4.74 Å². The lowest BCUT2D eigenvalue weighted by Crippen LogP contribution is -2.26. The molecule has 3 N–H and O–H groups in total. The molecule has 0 atom stereocenters. The van der Waals surface area contributed by atoms with E-state index in [2.05, 4.69) is 19.2 Å². The highest BCUT2D eigenvalue weighted by molar-refractivity contribution is 5.66. The number of unbranched alkanes of at least 4 members (excludes halogenated alkanes) is 1. The summed E-state index contributed by atoms with van der Waals surface area (Å²) >= 11 is 0. The van der Waals surface area contributed by atoms with E-state index in [0.717, 1.165) is 31.7 Å². The molecule has 0 heterocycles. The minimum absolute atomic E-state index is 0.340. The van der Waals surface area contributed by atoms with E-state index in [4.69, 9.17) is 10.5 Å². The summed E-state index contributed by atoms with van der Waals surface area (Å²) < 4.78 is 4.95. The molecule has 0 spiro atoms. The third kappa shape index (κ3) is 9.53. The molecule has 0 fully saturated rings. The Balaban J connectivity index is 3.30. The number of ether oxygens (including phenoxy) is 1. The van der Waals surface area contributed by atoms with Gasteiger partial charge in [0, 0.05) is 6.54 Å². The van der Waals surface area contributed by atoms with Gasteiger partial charge in [-0.05, 0) is 6.42 Å². The molecule has 0 radical (unpaired) electrons. The smallest absolute Gasteiger partial charge is 0.407 e. The van der Waals surface area contributed by atoms with Crippen LogP contribution in [0.25, 0.3) is 0 Å². The SMILES string of the molecule is CCCCNC(=O)OCC[C-](N)CCC. The van der Waals surface area contributed by atoms with Gasteiger partial charge in [0.15, 0.2) is 0 Å². The van der Waals surface area contributed by atoms with Crippen LogP contribution < -0.4 is 11.1 Å². The summed E-state index contributed by atoms with van der Waals surface area (Å²) in [6.45, 7) is 5.21. The summed E-state index contributed by atoms with van der Waals surface area (Å²) in [6, 6.07) is 0.902. The fourth-order valence-electron chi connectivity index (χ4n) is 1.14. The first kappa shape index (κ1) is 14.2. The number of rotatable bonds is 8. The highest BCUT2D eigenvalue weighted by Crippen LogP contribution is 2.05. The van der Waals surface area contributed by atoms with E-state index in [-0.39, 0.29) is 6.09 Å². The molecule has 0 aromatic heterocycles. The molecule has 0 aliphatic heterocycles. The van der Waals surface area contributed by atoms with Gasteiger partial charge in [-0.25, -0.2) is 4.79 Å². The summed E-state index contributed by atoms with van der Waals surface area (Å²) in [6.07, 6.45) is 4.31. The lowest BCUT2D eigenvalue weighted by molar-refractivity contribution is 0.145. The van der Waals surface area contributed by atoms with Gasteiger partial charge in [-0.15, -0.1) is 6.42 Å². The average Bonchev–Trinajstić information content (AvgIpc) is 2.18. The first-order chi connectivity index (χ1) is 7.20. The Morgan fingerprint density at radius 2 is 2.07 bits per heavy atom. The Bertz CT molecular complexity index is 163. The largest absolute Gasteiger partial charge is 0.480 e. The number of hydrogen-bond donors (Lipinski definition) is 2. The van der Waals surface area contributed by atoms with Crippen molar-refractivity contribution in [1.29, 1.82) is 0 Å². The summed E-state index contributed by atoms with van der Waals surface area (Å²) in [7, 11) is 0. The van der Waals surface area contributed by atoms with Gasteiger partial charge in [-0.2, -0.15) is 6.42 Å². The van der Waals surface area contributed by atoms with Crippen LogP contribution >= 0.6 is 0 Å². The van der Waals surface area contributed by atoms with Crippen LogP contribution in [0.2, 0.25) is 0 Å². The first-order valence-electron chi connectivity index (χ1n) is 5.71. The predicted molar refractivity (Wildman–Crippen MR) is 61.2 cm³/mol. The summed E-state index contributed by atoms with van der Waals surface area (Å²) in [5.41, 5.74) is 5.70. The zero-order valence-electron chi connectivity index (χ0n) is 9.84. The average molecular weight is 215 g/mol. The standard InChI is InChI=1S/C11H23N2O2/c1-3-5-8-13-11(14)15-9-7-10(12)6-4-2/h3-9,12H2,1-2H3,(H,13,14)/q-1. The second kappa shape index (κ2) is 9.77. The number of nitrogens with two attached hydrogens (primary N) is 1. The molecule has 4 heteroatoms. The number of nitrogens with one attached hydrogen (secondary N) is 1. The van der Waals surface area contributed by atoms with Crippen LogP contribution in [0.3, 0.4) is 0 Å². The molecular weight excluding hydrogens is 192 g/mol. The van der Waals surface area contributed by atoms with E-state index in [0.29, 0.717) is 19.6 Å². The lowest BCUT2D eigenvalue weighted by Gasteiger charge is -2.22. The van der Waals surface area contributed by atoms with Gasteiger partial charge in [0.05, 0.1) is 6.61 Å². The van der Waals surface area contributed by atoms with E-state index < -0.39 is 0 Å². The Hall–Kier alpha value is -0.770. The molecule has 0 unspecified atom stereocenters. The van der Waals surface area contributed by atoms with Crippen molar-refractivity contribution in [2.45, 2.75) is 46.0 Å². The van der Waals surface area contributed by atoms with E-state index in [1.54, 1.807) is 0 Å². The van der Waals surface area contributed by atoms with Gasteiger partial charge >= 0.3 is 6.09 Å². The fraction of sp³-hybridized carbons (Fsp3) is 0.818. The number of carbonyl (C=O) groups excluding carboxylic acids is 1. The molecule has 0 aliphatic rings. The van der Waals surface area contributed by atoms with Gasteiger partial charge in [-0.3, -0.25) is 6.04 Å². The Kier molecular flexibility index (Phi) is 9.27. The molecule has 90 valence electrons. The van der Waals surface area contributed by atoms with Crippen LogP contribution in [0.1, 0.15) is 46.0 Å². The van der Waals surface area contributed by atoms with Crippen molar-refractivity contribution in [2.24, 2.45) is 5.73 Å².